The molecule has 18 heavy (non-hydrogen) atoms. The summed E-state index contributed by atoms with van der Waals surface area (Å²) in [5.74, 6) is 0.792. The monoisotopic (exact) mass is 238 g/mol. The number of rotatable bonds is 2. The SMILES string of the molecule is Cc1nc(-c2ccc(C3CCC3)cc2)ccc1N. The summed E-state index contributed by atoms with van der Waals surface area (Å²) in [4.78, 5) is 4.53. The van der Waals surface area contributed by atoms with Crippen LogP contribution in [0.1, 0.15) is 36.4 Å². The number of nitrogen functional groups attached to an aromatic ring is 1. The van der Waals surface area contributed by atoms with Gasteiger partial charge in [0.05, 0.1) is 17.1 Å². The molecule has 1 fully saturated rings. The van der Waals surface area contributed by atoms with Crippen molar-refractivity contribution in [2.24, 2.45) is 0 Å². The Hall–Kier alpha value is -1.83. The van der Waals surface area contributed by atoms with Gasteiger partial charge in [-0.25, -0.2) is 0 Å². The number of hydrogen-bond donors (Lipinski definition) is 1. The van der Waals surface area contributed by atoms with Gasteiger partial charge in [0, 0.05) is 5.56 Å². The topological polar surface area (TPSA) is 38.9 Å². The number of benzene rings is 1. The Morgan fingerprint density at radius 1 is 1.06 bits per heavy atom. The van der Waals surface area contributed by atoms with E-state index in [1.807, 2.05) is 19.1 Å². The van der Waals surface area contributed by atoms with E-state index in [1.54, 1.807) is 0 Å². The summed E-state index contributed by atoms with van der Waals surface area (Å²) >= 11 is 0. The molecule has 0 atom stereocenters. The van der Waals surface area contributed by atoms with E-state index in [2.05, 4.69) is 29.2 Å². The molecule has 2 N–H and O–H groups in total. The molecule has 0 unspecified atom stereocenters. The molecule has 3 rings (SSSR count). The maximum atomic E-state index is 5.79. The number of nitrogens with two attached hydrogens (primary N) is 1. The number of pyridine rings is 1. The lowest BCUT2D eigenvalue weighted by Crippen LogP contribution is -2.08. The molecule has 1 aromatic heterocycles. The molecule has 0 amide bonds. The van der Waals surface area contributed by atoms with Gasteiger partial charge in [-0.05, 0) is 43.4 Å². The molecule has 92 valence electrons. The van der Waals surface area contributed by atoms with Crippen molar-refractivity contribution in [2.75, 3.05) is 5.73 Å². The van der Waals surface area contributed by atoms with Crippen LogP contribution in [-0.2, 0) is 0 Å². The Bertz CT molecular complexity index is 554. The largest absolute Gasteiger partial charge is 0.397 e. The number of anilines is 1. The van der Waals surface area contributed by atoms with Gasteiger partial charge < -0.3 is 5.73 Å². The van der Waals surface area contributed by atoms with E-state index in [0.717, 1.165) is 23.0 Å². The van der Waals surface area contributed by atoms with E-state index >= 15 is 0 Å². The number of aryl methyl sites for hydroxylation is 1. The minimum Gasteiger partial charge on any atom is -0.397 e. The highest BCUT2D eigenvalue weighted by Crippen LogP contribution is 2.36. The second kappa shape index (κ2) is 4.45. The molecule has 0 radical (unpaired) electrons. The van der Waals surface area contributed by atoms with Crippen molar-refractivity contribution in [3.63, 3.8) is 0 Å². The smallest absolute Gasteiger partial charge is 0.0706 e. The van der Waals surface area contributed by atoms with E-state index in [9.17, 15) is 0 Å². The van der Waals surface area contributed by atoms with Crippen LogP contribution in [-0.4, -0.2) is 4.98 Å². The molecule has 0 saturated heterocycles. The summed E-state index contributed by atoms with van der Waals surface area (Å²) in [6, 6.07) is 12.7. The second-order valence-corrected chi connectivity index (χ2v) is 5.12. The summed E-state index contributed by atoms with van der Waals surface area (Å²) in [5.41, 5.74) is 11.1. The van der Waals surface area contributed by atoms with E-state index in [-0.39, 0.29) is 0 Å². The maximum Gasteiger partial charge on any atom is 0.0706 e. The van der Waals surface area contributed by atoms with Gasteiger partial charge >= 0.3 is 0 Å². The van der Waals surface area contributed by atoms with Crippen molar-refractivity contribution in [3.8, 4) is 11.3 Å². The second-order valence-electron chi connectivity index (χ2n) is 5.12. The molecule has 0 aliphatic heterocycles. The first-order chi connectivity index (χ1) is 8.74. The molecule has 1 saturated carbocycles. The van der Waals surface area contributed by atoms with E-state index in [1.165, 1.54) is 30.4 Å². The molecule has 0 spiro atoms. The molecule has 0 bridgehead atoms. The summed E-state index contributed by atoms with van der Waals surface area (Å²) in [5, 5.41) is 0. The van der Waals surface area contributed by atoms with Crippen molar-refractivity contribution in [3.05, 3.63) is 47.7 Å². The molecule has 1 aromatic carbocycles. The van der Waals surface area contributed by atoms with E-state index in [0.29, 0.717) is 0 Å². The molecule has 1 aliphatic rings. The fraction of sp³-hybridized carbons (Fsp3) is 0.312. The van der Waals surface area contributed by atoms with Crippen molar-refractivity contribution in [2.45, 2.75) is 32.1 Å². The van der Waals surface area contributed by atoms with Crippen LogP contribution < -0.4 is 5.73 Å². The molecule has 2 nitrogen and oxygen atoms in total. The van der Waals surface area contributed by atoms with Crippen molar-refractivity contribution < 1.29 is 0 Å². The zero-order valence-corrected chi connectivity index (χ0v) is 10.7. The summed E-state index contributed by atoms with van der Waals surface area (Å²) in [6.07, 6.45) is 4.07. The van der Waals surface area contributed by atoms with E-state index in [4.69, 9.17) is 5.73 Å². The Morgan fingerprint density at radius 3 is 2.33 bits per heavy atom. The Labute approximate surface area is 108 Å². The van der Waals surface area contributed by atoms with Crippen LogP contribution in [0.5, 0.6) is 0 Å². The molecule has 2 aromatic rings. The molecule has 2 heteroatoms. The van der Waals surface area contributed by atoms with Crippen LogP contribution in [0.15, 0.2) is 36.4 Å². The predicted octanol–water partition coefficient (Wildman–Crippen LogP) is 3.91. The van der Waals surface area contributed by atoms with Gasteiger partial charge in [-0.2, -0.15) is 0 Å². The van der Waals surface area contributed by atoms with Crippen LogP contribution in [0.4, 0.5) is 5.69 Å². The minimum atomic E-state index is 0.754. The number of nitrogens with zero attached hydrogens (tertiary/aromatic N) is 1. The van der Waals surface area contributed by atoms with Crippen LogP contribution in [0.3, 0.4) is 0 Å². The molecule has 1 aliphatic carbocycles. The first kappa shape index (κ1) is 11.3. The van der Waals surface area contributed by atoms with Gasteiger partial charge in [0.25, 0.3) is 0 Å². The maximum absolute atomic E-state index is 5.79. The Kier molecular flexibility index (Phi) is 2.78. The summed E-state index contributed by atoms with van der Waals surface area (Å²) in [7, 11) is 0. The fourth-order valence-electron chi connectivity index (χ4n) is 2.40. The normalized spacial score (nSPS) is 15.4. The summed E-state index contributed by atoms with van der Waals surface area (Å²) < 4.78 is 0. The summed E-state index contributed by atoms with van der Waals surface area (Å²) in [6.45, 7) is 1.95. The van der Waals surface area contributed by atoms with Crippen molar-refractivity contribution >= 4 is 5.69 Å². The third kappa shape index (κ3) is 1.99. The Morgan fingerprint density at radius 2 is 1.78 bits per heavy atom. The molecular formula is C16H18N2. The van der Waals surface area contributed by atoms with Crippen molar-refractivity contribution in [1.29, 1.82) is 0 Å². The first-order valence-electron chi connectivity index (χ1n) is 6.57. The lowest BCUT2D eigenvalue weighted by molar-refractivity contribution is 0.420. The average molecular weight is 238 g/mol. The van der Waals surface area contributed by atoms with Gasteiger partial charge in [0.1, 0.15) is 0 Å². The standard InChI is InChI=1S/C16H18N2/c1-11-15(17)9-10-16(18-11)14-7-5-13(6-8-14)12-3-2-4-12/h5-10,12H,2-4,17H2,1H3. The Balaban J connectivity index is 1.89. The van der Waals surface area contributed by atoms with Gasteiger partial charge in [-0.15, -0.1) is 0 Å². The lowest BCUT2D eigenvalue weighted by Gasteiger charge is -2.25. The zero-order chi connectivity index (χ0) is 12.5. The quantitative estimate of drug-likeness (QED) is 0.861. The van der Waals surface area contributed by atoms with Gasteiger partial charge in [0.15, 0.2) is 0 Å². The van der Waals surface area contributed by atoms with Gasteiger partial charge in [0.2, 0.25) is 0 Å². The first-order valence-corrected chi connectivity index (χ1v) is 6.57. The molecular weight excluding hydrogens is 220 g/mol. The third-order valence-electron chi connectivity index (χ3n) is 3.91. The van der Waals surface area contributed by atoms with Crippen LogP contribution >= 0.6 is 0 Å². The lowest BCUT2D eigenvalue weighted by atomic mass is 9.80. The average Bonchev–Trinajstić information content (AvgIpc) is 2.32. The fourth-order valence-corrected chi connectivity index (χ4v) is 2.40. The highest BCUT2D eigenvalue weighted by atomic mass is 14.7. The van der Waals surface area contributed by atoms with Gasteiger partial charge in [-0.1, -0.05) is 30.7 Å². The predicted molar refractivity (Wildman–Crippen MR) is 75.4 cm³/mol. The van der Waals surface area contributed by atoms with Crippen LogP contribution in [0, 0.1) is 6.92 Å². The van der Waals surface area contributed by atoms with Crippen LogP contribution in [0.2, 0.25) is 0 Å². The minimum absolute atomic E-state index is 0.754. The van der Waals surface area contributed by atoms with Gasteiger partial charge in [-0.3, -0.25) is 4.98 Å². The third-order valence-corrected chi connectivity index (χ3v) is 3.91. The van der Waals surface area contributed by atoms with Crippen molar-refractivity contribution in [1.82, 2.24) is 4.98 Å². The highest BCUT2D eigenvalue weighted by Gasteiger charge is 2.19. The highest BCUT2D eigenvalue weighted by molar-refractivity contribution is 5.62. The number of hydrogen-bond acceptors (Lipinski definition) is 2. The zero-order valence-electron chi connectivity index (χ0n) is 10.7. The van der Waals surface area contributed by atoms with Crippen LogP contribution in [0.25, 0.3) is 11.3 Å². The number of aromatic nitrogens is 1. The molecule has 1 heterocycles. The van der Waals surface area contributed by atoms with E-state index < -0.39 is 0 Å².